The first-order valence-corrected chi connectivity index (χ1v) is 8.75. The monoisotopic (exact) mass is 318 g/mol. The zero-order valence-corrected chi connectivity index (χ0v) is 13.2. The van der Waals surface area contributed by atoms with E-state index in [0.29, 0.717) is 0 Å². The van der Waals surface area contributed by atoms with Gasteiger partial charge in [-0.1, -0.05) is 28.1 Å². The average Bonchev–Trinajstić information content (AvgIpc) is 2.35. The van der Waals surface area contributed by atoms with Crippen LogP contribution in [0.2, 0.25) is 0 Å². The fourth-order valence-electron chi connectivity index (χ4n) is 5.70. The Labute approximate surface area is 125 Å². The van der Waals surface area contributed by atoms with Crippen LogP contribution in [0.25, 0.3) is 0 Å². The van der Waals surface area contributed by atoms with E-state index in [1.165, 1.54) is 22.9 Å². The minimum Gasteiger partial charge on any atom is -0.0609 e. The number of hydrogen-bond donors (Lipinski definition) is 0. The number of aryl methyl sites for hydroxylation is 1. The van der Waals surface area contributed by atoms with E-state index in [4.69, 9.17) is 0 Å². The molecule has 19 heavy (non-hydrogen) atoms. The molecular weight excluding hydrogens is 296 g/mol. The van der Waals surface area contributed by atoms with Gasteiger partial charge >= 0.3 is 0 Å². The van der Waals surface area contributed by atoms with Gasteiger partial charge in [-0.15, -0.1) is 0 Å². The van der Waals surface area contributed by atoms with Crippen molar-refractivity contribution in [1.29, 1.82) is 0 Å². The Balaban J connectivity index is 1.48. The second-order valence-electron chi connectivity index (χ2n) is 7.55. The number of rotatable bonds is 3. The quantitative estimate of drug-likeness (QED) is 0.680. The predicted octanol–water partition coefficient (Wildman–Crippen LogP) is 5.60. The molecule has 5 rings (SSSR count). The summed E-state index contributed by atoms with van der Waals surface area (Å²) in [6.07, 6.45) is 12.1. The molecule has 0 heterocycles. The molecule has 1 aromatic carbocycles. The van der Waals surface area contributed by atoms with Gasteiger partial charge in [-0.2, -0.15) is 0 Å². The van der Waals surface area contributed by atoms with Crippen molar-refractivity contribution in [2.75, 3.05) is 0 Å². The highest BCUT2D eigenvalue weighted by Gasteiger charge is 2.50. The minimum absolute atomic E-state index is 0.733. The summed E-state index contributed by atoms with van der Waals surface area (Å²) < 4.78 is 1.23. The summed E-state index contributed by atoms with van der Waals surface area (Å²) in [6.45, 7) is 0. The highest BCUT2D eigenvalue weighted by Crippen LogP contribution is 2.61. The van der Waals surface area contributed by atoms with Crippen LogP contribution in [0.4, 0.5) is 0 Å². The van der Waals surface area contributed by atoms with Crippen molar-refractivity contribution in [2.24, 2.45) is 23.2 Å². The first-order valence-electron chi connectivity index (χ1n) is 7.95. The third kappa shape index (κ3) is 2.39. The fourth-order valence-corrected chi connectivity index (χ4v) is 6.14. The summed E-state index contributed by atoms with van der Waals surface area (Å²) in [5, 5.41) is 0. The largest absolute Gasteiger partial charge is 0.0609 e. The summed E-state index contributed by atoms with van der Waals surface area (Å²) in [5.74, 6) is 3.27. The van der Waals surface area contributed by atoms with Crippen molar-refractivity contribution in [1.82, 2.24) is 0 Å². The van der Waals surface area contributed by atoms with Gasteiger partial charge in [0.25, 0.3) is 0 Å². The highest BCUT2D eigenvalue weighted by molar-refractivity contribution is 9.10. The van der Waals surface area contributed by atoms with Gasteiger partial charge < -0.3 is 0 Å². The van der Waals surface area contributed by atoms with E-state index in [0.717, 1.165) is 23.2 Å². The van der Waals surface area contributed by atoms with Gasteiger partial charge in [-0.25, -0.2) is 0 Å². The summed E-state index contributed by atoms with van der Waals surface area (Å²) in [7, 11) is 0. The third-order valence-corrected chi connectivity index (χ3v) is 6.49. The van der Waals surface area contributed by atoms with E-state index in [9.17, 15) is 0 Å². The zero-order chi connectivity index (χ0) is 12.9. The lowest BCUT2D eigenvalue weighted by Gasteiger charge is -2.57. The van der Waals surface area contributed by atoms with Gasteiger partial charge in [0.2, 0.25) is 0 Å². The molecule has 0 atom stereocenters. The molecule has 4 aliphatic rings. The maximum Gasteiger partial charge on any atom is 0.0177 e. The fraction of sp³-hybridized carbons (Fsp3) is 0.667. The Morgan fingerprint density at radius 2 is 1.63 bits per heavy atom. The maximum absolute atomic E-state index is 3.60. The highest BCUT2D eigenvalue weighted by atomic mass is 79.9. The van der Waals surface area contributed by atoms with Gasteiger partial charge in [0.15, 0.2) is 0 Å². The Hall–Kier alpha value is -0.300. The van der Waals surface area contributed by atoms with Gasteiger partial charge in [0, 0.05) is 4.47 Å². The first-order chi connectivity index (χ1) is 9.21. The molecule has 1 heteroatoms. The van der Waals surface area contributed by atoms with E-state index in [1.807, 2.05) is 0 Å². The molecule has 0 N–H and O–H groups in total. The van der Waals surface area contributed by atoms with Gasteiger partial charge in [-0.05, 0) is 92.2 Å². The molecule has 0 radical (unpaired) electrons. The molecule has 0 amide bonds. The van der Waals surface area contributed by atoms with Crippen LogP contribution in [0.5, 0.6) is 0 Å². The number of hydrogen-bond acceptors (Lipinski definition) is 0. The molecule has 0 aromatic heterocycles. The molecule has 0 spiro atoms. The predicted molar refractivity (Wildman–Crippen MR) is 83.1 cm³/mol. The Morgan fingerprint density at radius 1 is 1.00 bits per heavy atom. The molecule has 0 saturated heterocycles. The van der Waals surface area contributed by atoms with Crippen LogP contribution in [0.1, 0.15) is 50.5 Å². The molecule has 4 aliphatic carbocycles. The lowest BCUT2D eigenvalue weighted by atomic mass is 9.48. The Bertz CT molecular complexity index is 441. The molecule has 0 aliphatic heterocycles. The average molecular weight is 319 g/mol. The lowest BCUT2D eigenvalue weighted by molar-refractivity contribution is -0.0569. The molecule has 0 unspecified atom stereocenters. The van der Waals surface area contributed by atoms with Crippen LogP contribution in [0.3, 0.4) is 0 Å². The van der Waals surface area contributed by atoms with E-state index in [-0.39, 0.29) is 0 Å². The summed E-state index contributed by atoms with van der Waals surface area (Å²) in [5.41, 5.74) is 2.25. The van der Waals surface area contributed by atoms with Crippen molar-refractivity contribution >= 4 is 15.9 Å². The molecule has 4 saturated carbocycles. The number of halogens is 1. The molecule has 102 valence electrons. The SMILES string of the molecule is Brc1cccc(CCC23CC4CC(CC(C4)C2)C3)c1. The molecule has 4 bridgehead atoms. The molecule has 4 fully saturated rings. The molecule has 1 aromatic rings. The van der Waals surface area contributed by atoms with Gasteiger partial charge in [-0.3, -0.25) is 0 Å². The lowest BCUT2D eigenvalue weighted by Crippen LogP contribution is -2.46. The van der Waals surface area contributed by atoms with Crippen LogP contribution >= 0.6 is 15.9 Å². The Morgan fingerprint density at radius 3 is 2.21 bits per heavy atom. The van der Waals surface area contributed by atoms with Gasteiger partial charge in [0.1, 0.15) is 0 Å². The summed E-state index contributed by atoms with van der Waals surface area (Å²) >= 11 is 3.60. The third-order valence-electron chi connectivity index (χ3n) is 6.00. The first kappa shape index (κ1) is 12.4. The van der Waals surface area contributed by atoms with E-state index < -0.39 is 0 Å². The molecule has 0 nitrogen and oxygen atoms in total. The topological polar surface area (TPSA) is 0 Å². The van der Waals surface area contributed by atoms with E-state index in [2.05, 4.69) is 40.2 Å². The van der Waals surface area contributed by atoms with E-state index >= 15 is 0 Å². The summed E-state index contributed by atoms with van der Waals surface area (Å²) in [4.78, 5) is 0. The molecular formula is C18H23Br. The van der Waals surface area contributed by atoms with Crippen molar-refractivity contribution in [3.63, 3.8) is 0 Å². The van der Waals surface area contributed by atoms with Crippen molar-refractivity contribution < 1.29 is 0 Å². The number of benzene rings is 1. The smallest absolute Gasteiger partial charge is 0.0177 e. The maximum atomic E-state index is 3.60. The van der Waals surface area contributed by atoms with Crippen molar-refractivity contribution in [2.45, 2.75) is 51.4 Å². The van der Waals surface area contributed by atoms with Crippen LogP contribution < -0.4 is 0 Å². The minimum atomic E-state index is 0.733. The second kappa shape index (κ2) is 4.62. The standard InChI is InChI=1S/C18H23Br/c19-17-3-1-2-13(9-17)4-5-18-10-14-6-15(11-18)8-16(7-14)12-18/h1-3,9,14-16H,4-8,10-12H2. The van der Waals surface area contributed by atoms with Crippen LogP contribution in [0, 0.1) is 23.2 Å². The van der Waals surface area contributed by atoms with Crippen LogP contribution in [-0.2, 0) is 6.42 Å². The van der Waals surface area contributed by atoms with Crippen LogP contribution in [-0.4, -0.2) is 0 Å². The van der Waals surface area contributed by atoms with Crippen molar-refractivity contribution in [3.05, 3.63) is 34.3 Å². The Kier molecular flexibility index (Phi) is 3.02. The summed E-state index contributed by atoms with van der Waals surface area (Å²) in [6, 6.07) is 8.92. The van der Waals surface area contributed by atoms with E-state index in [1.54, 1.807) is 38.5 Å². The zero-order valence-electron chi connectivity index (χ0n) is 11.6. The second-order valence-corrected chi connectivity index (χ2v) is 8.46. The van der Waals surface area contributed by atoms with Crippen molar-refractivity contribution in [3.8, 4) is 0 Å². The normalized spacial score (nSPS) is 39.7. The van der Waals surface area contributed by atoms with Crippen LogP contribution in [0.15, 0.2) is 28.7 Å². The van der Waals surface area contributed by atoms with Gasteiger partial charge in [0.05, 0.1) is 0 Å².